The fourth-order valence-corrected chi connectivity index (χ4v) is 7.24. The number of nitrogens with one attached hydrogen (secondary N) is 1. The average Bonchev–Trinajstić information content (AvgIpc) is 3.19. The van der Waals surface area contributed by atoms with E-state index < -0.39 is 6.09 Å². The van der Waals surface area contributed by atoms with E-state index in [1.54, 1.807) is 0 Å². The van der Waals surface area contributed by atoms with Crippen molar-refractivity contribution >= 4 is 28.7 Å². The van der Waals surface area contributed by atoms with E-state index in [1.807, 2.05) is 53.4 Å². The van der Waals surface area contributed by atoms with E-state index in [4.69, 9.17) is 9.15 Å². The molecule has 0 saturated carbocycles. The Morgan fingerprint density at radius 1 is 0.827 bits per heavy atom. The van der Waals surface area contributed by atoms with Crippen LogP contribution in [0.4, 0.5) is 10.5 Å². The number of ether oxygens (including phenoxy) is 1. The third kappa shape index (κ3) is 8.31. The second kappa shape index (κ2) is 17.4. The summed E-state index contributed by atoms with van der Waals surface area (Å²) < 4.78 is 14.4. The van der Waals surface area contributed by atoms with E-state index in [1.165, 1.54) is 0 Å². The van der Waals surface area contributed by atoms with Gasteiger partial charge in [-0.15, -0.1) is 0 Å². The highest BCUT2D eigenvalue weighted by Crippen LogP contribution is 2.42. The lowest BCUT2D eigenvalue weighted by molar-refractivity contribution is 0.0624. The van der Waals surface area contributed by atoms with Crippen LogP contribution >= 0.6 is 0 Å². The highest BCUT2D eigenvalue weighted by molar-refractivity contribution is 6.09. The molecule has 2 amide bonds. The summed E-state index contributed by atoms with van der Waals surface area (Å²) in [5, 5.41) is 4.91. The fraction of sp³-hybridized carbons (Fsp3) is 0.372. The molecule has 3 aromatic rings. The predicted octanol–water partition coefficient (Wildman–Crippen LogP) is 6.94. The van der Waals surface area contributed by atoms with Crippen molar-refractivity contribution < 1.29 is 18.7 Å². The largest absolute Gasteiger partial charge is 0.456 e. The van der Waals surface area contributed by atoms with Crippen molar-refractivity contribution in [1.29, 1.82) is 0 Å². The Morgan fingerprint density at radius 3 is 2.29 bits per heavy atom. The molecule has 1 fully saturated rings. The van der Waals surface area contributed by atoms with E-state index in [-0.39, 0.29) is 5.91 Å². The van der Waals surface area contributed by atoms with Crippen LogP contribution < -0.4 is 20.1 Å². The van der Waals surface area contributed by atoms with Crippen molar-refractivity contribution in [2.45, 2.75) is 40.7 Å². The summed E-state index contributed by atoms with van der Waals surface area (Å²) in [5.41, 5.74) is 6.56. The first-order chi connectivity index (χ1) is 25.4. The van der Waals surface area contributed by atoms with Crippen molar-refractivity contribution in [2.75, 3.05) is 70.4 Å². The third-order valence-corrected chi connectivity index (χ3v) is 10.2. The molecule has 0 radical (unpaired) electrons. The molecule has 0 aromatic heterocycles. The van der Waals surface area contributed by atoms with Crippen molar-refractivity contribution in [3.05, 3.63) is 107 Å². The lowest BCUT2D eigenvalue weighted by Gasteiger charge is -2.35. The summed E-state index contributed by atoms with van der Waals surface area (Å²) in [4.78, 5) is 33.1. The van der Waals surface area contributed by atoms with Gasteiger partial charge in [0.25, 0.3) is 5.91 Å². The van der Waals surface area contributed by atoms with E-state index in [0.717, 1.165) is 102 Å². The molecule has 3 aliphatic rings. The fourth-order valence-electron chi connectivity index (χ4n) is 7.24. The standard InChI is InChI=1S/C43H51N5O4/c1-5-46(6-2)33-19-21-37-39(29-33)52-40-30-34(47(7-3)8-4)20-22-38(40)41(37)35-17-12-13-18-36(35)42(49)48-26-24-45(25-27-48)23-14-28-51-43(50)44-31-32-15-10-9-11-16-32/h9-13,15-22,29-30H,5-8,14,23-28,31H2,1-4H3/p+1. The number of hydrogen-bond donors (Lipinski definition) is 1. The minimum atomic E-state index is -0.403. The van der Waals surface area contributed by atoms with Crippen LogP contribution in [0.1, 0.15) is 50.0 Å². The van der Waals surface area contributed by atoms with Crippen LogP contribution in [0.25, 0.3) is 33.4 Å². The van der Waals surface area contributed by atoms with Crippen molar-refractivity contribution in [1.82, 2.24) is 19.7 Å². The van der Waals surface area contributed by atoms with E-state index in [9.17, 15) is 9.59 Å². The van der Waals surface area contributed by atoms with Gasteiger partial charge in [-0.05, 0) is 69.5 Å². The monoisotopic (exact) mass is 702 g/mol. The van der Waals surface area contributed by atoms with Gasteiger partial charge < -0.3 is 24.3 Å². The zero-order chi connectivity index (χ0) is 36.5. The normalized spacial score (nSPS) is 13.3. The SMILES string of the molecule is CCN(CC)c1ccc2c(-c3ccccc3C(=O)N3CCN(CCCOC(=O)NCc4ccccc4)CC3)c3ccc(=[N+](CC)CC)cc-3oc2c1. The van der Waals surface area contributed by atoms with Gasteiger partial charge in [0.05, 0.1) is 12.7 Å². The van der Waals surface area contributed by atoms with Gasteiger partial charge in [0, 0.05) is 92.3 Å². The first kappa shape index (κ1) is 36.6. The second-order valence-electron chi connectivity index (χ2n) is 13.2. The van der Waals surface area contributed by atoms with Crippen molar-refractivity contribution in [2.24, 2.45) is 0 Å². The van der Waals surface area contributed by atoms with Gasteiger partial charge in [-0.1, -0.05) is 48.5 Å². The molecule has 9 nitrogen and oxygen atoms in total. The Bertz CT molecular complexity index is 2010. The van der Waals surface area contributed by atoms with Gasteiger partial charge in [0.15, 0.2) is 0 Å². The molecule has 9 heteroatoms. The Kier molecular flexibility index (Phi) is 12.2. The molecular weight excluding hydrogens is 651 g/mol. The molecule has 0 bridgehead atoms. The zero-order valence-corrected chi connectivity index (χ0v) is 31.1. The van der Waals surface area contributed by atoms with Gasteiger partial charge in [-0.3, -0.25) is 9.69 Å². The Balaban J connectivity index is 1.19. The highest BCUT2D eigenvalue weighted by Gasteiger charge is 2.27. The average molecular weight is 703 g/mol. The summed E-state index contributed by atoms with van der Waals surface area (Å²) in [6, 6.07) is 30.7. The summed E-state index contributed by atoms with van der Waals surface area (Å²) >= 11 is 0. The van der Waals surface area contributed by atoms with Crippen LogP contribution in [0.15, 0.2) is 95.4 Å². The van der Waals surface area contributed by atoms with Crippen LogP contribution in [0.3, 0.4) is 0 Å². The predicted molar refractivity (Wildman–Crippen MR) is 210 cm³/mol. The van der Waals surface area contributed by atoms with Crippen molar-refractivity contribution in [3.63, 3.8) is 0 Å². The molecule has 2 aliphatic heterocycles. The molecule has 3 aromatic carbocycles. The quantitative estimate of drug-likeness (QED) is 0.0814. The molecule has 1 N–H and O–H groups in total. The molecule has 0 atom stereocenters. The maximum atomic E-state index is 14.3. The molecule has 0 unspecified atom stereocenters. The highest BCUT2D eigenvalue weighted by atomic mass is 16.5. The van der Waals surface area contributed by atoms with Crippen molar-refractivity contribution in [3.8, 4) is 22.5 Å². The van der Waals surface area contributed by atoms with Crippen LogP contribution in [-0.4, -0.2) is 87.3 Å². The third-order valence-electron chi connectivity index (χ3n) is 10.2. The van der Waals surface area contributed by atoms with E-state index in [2.05, 4.69) is 89.9 Å². The molecule has 0 spiro atoms. The lowest BCUT2D eigenvalue weighted by atomic mass is 9.90. The van der Waals surface area contributed by atoms with Gasteiger partial charge >= 0.3 is 6.09 Å². The maximum Gasteiger partial charge on any atom is 0.407 e. The van der Waals surface area contributed by atoms with E-state index >= 15 is 0 Å². The number of fused-ring (bicyclic) bond motifs is 2. The summed E-state index contributed by atoms with van der Waals surface area (Å²) in [5.74, 6) is 0.840. The summed E-state index contributed by atoms with van der Waals surface area (Å²) in [7, 11) is 0. The second-order valence-corrected chi connectivity index (χ2v) is 13.2. The number of carbonyl (C=O) groups is 2. The van der Waals surface area contributed by atoms with Gasteiger partial charge in [-0.25, -0.2) is 9.37 Å². The number of anilines is 1. The zero-order valence-electron chi connectivity index (χ0n) is 31.1. The molecule has 52 heavy (non-hydrogen) atoms. The number of hydrogen-bond acceptors (Lipinski definition) is 6. The summed E-state index contributed by atoms with van der Waals surface area (Å²) in [6.07, 6.45) is 0.333. The Labute approximate surface area is 307 Å². The molecule has 272 valence electrons. The summed E-state index contributed by atoms with van der Waals surface area (Å²) in [6.45, 7) is 16.7. The van der Waals surface area contributed by atoms with Crippen LogP contribution in [0.5, 0.6) is 0 Å². The minimum Gasteiger partial charge on any atom is -0.456 e. The van der Waals surface area contributed by atoms with Crippen LogP contribution in [-0.2, 0) is 11.3 Å². The van der Waals surface area contributed by atoms with Crippen LogP contribution in [0.2, 0.25) is 0 Å². The first-order valence-corrected chi connectivity index (χ1v) is 18.8. The number of alkyl carbamates (subject to hydrolysis) is 1. The van der Waals surface area contributed by atoms with Gasteiger partial charge in [-0.2, -0.15) is 0 Å². The van der Waals surface area contributed by atoms with Gasteiger partial charge in [0.1, 0.15) is 24.4 Å². The number of nitrogens with zero attached hydrogens (tertiary/aromatic N) is 4. The Hall–Kier alpha value is -5.15. The van der Waals surface area contributed by atoms with Crippen LogP contribution in [0, 0.1) is 0 Å². The number of amides is 2. The first-order valence-electron chi connectivity index (χ1n) is 18.8. The van der Waals surface area contributed by atoms with E-state index in [0.29, 0.717) is 31.8 Å². The molecule has 1 saturated heterocycles. The minimum absolute atomic E-state index is 0.0373. The van der Waals surface area contributed by atoms with Gasteiger partial charge in [0.2, 0.25) is 5.36 Å². The molecule has 6 rings (SSSR count). The molecule has 1 aliphatic carbocycles. The topological polar surface area (TPSA) is 81.3 Å². The Morgan fingerprint density at radius 2 is 1.56 bits per heavy atom. The molecule has 2 heterocycles. The number of rotatable bonds is 13. The number of piperazine rings is 1. The number of benzene rings is 4. The maximum absolute atomic E-state index is 14.3. The lowest BCUT2D eigenvalue weighted by Crippen LogP contribution is -2.49. The number of carbonyl (C=O) groups excluding carboxylic acids is 2. The molecular formula is C43H52N5O4+. The smallest absolute Gasteiger partial charge is 0.407 e.